The van der Waals surface area contributed by atoms with Crippen LogP contribution >= 0.6 is 0 Å². The maximum Gasteiger partial charge on any atom is 0.119 e. The minimum atomic E-state index is -0.460. The Kier molecular flexibility index (Phi) is 5.06. The first kappa shape index (κ1) is 15.3. The summed E-state index contributed by atoms with van der Waals surface area (Å²) in [6.45, 7) is 8.54. The Labute approximate surface area is 122 Å². The lowest BCUT2D eigenvalue weighted by Gasteiger charge is -2.21. The molecule has 1 aromatic rings. The Morgan fingerprint density at radius 2 is 2.10 bits per heavy atom. The lowest BCUT2D eigenvalue weighted by atomic mass is 9.92. The number of aliphatic hydroxyl groups excluding tert-OH is 1. The number of aliphatic hydroxyl groups is 1. The highest BCUT2D eigenvalue weighted by atomic mass is 16.5. The van der Waals surface area contributed by atoms with E-state index in [-0.39, 0.29) is 0 Å². The van der Waals surface area contributed by atoms with Crippen molar-refractivity contribution in [1.82, 2.24) is 5.32 Å². The van der Waals surface area contributed by atoms with Crippen molar-refractivity contribution < 1.29 is 9.84 Å². The van der Waals surface area contributed by atoms with Crippen molar-refractivity contribution in [3.63, 3.8) is 0 Å². The standard InChI is InChI=1S/C17H27NO2/c1-13(2)17(7-8-17)12-18-10-15(19)11-20-16-6-4-5-14(3)9-16/h4-6,9,13,15,18-19H,7-8,10-12H2,1-3H3. The van der Waals surface area contributed by atoms with Crippen LogP contribution in [0.15, 0.2) is 24.3 Å². The van der Waals surface area contributed by atoms with E-state index in [1.165, 1.54) is 18.4 Å². The van der Waals surface area contributed by atoms with Crippen molar-refractivity contribution in [2.75, 3.05) is 19.7 Å². The maximum atomic E-state index is 9.95. The van der Waals surface area contributed by atoms with Gasteiger partial charge >= 0.3 is 0 Å². The molecule has 20 heavy (non-hydrogen) atoms. The van der Waals surface area contributed by atoms with Crippen molar-refractivity contribution in [2.24, 2.45) is 11.3 Å². The predicted molar refractivity (Wildman–Crippen MR) is 82.1 cm³/mol. The van der Waals surface area contributed by atoms with E-state index >= 15 is 0 Å². The van der Waals surface area contributed by atoms with Crippen LogP contribution in [0.3, 0.4) is 0 Å². The monoisotopic (exact) mass is 277 g/mol. The second kappa shape index (κ2) is 6.59. The van der Waals surface area contributed by atoms with Crippen LogP contribution < -0.4 is 10.1 Å². The number of benzene rings is 1. The van der Waals surface area contributed by atoms with Gasteiger partial charge in [-0.3, -0.25) is 0 Å². The molecule has 3 heteroatoms. The molecule has 0 heterocycles. The van der Waals surface area contributed by atoms with E-state index in [0.717, 1.165) is 18.2 Å². The van der Waals surface area contributed by atoms with Gasteiger partial charge in [-0.15, -0.1) is 0 Å². The zero-order chi connectivity index (χ0) is 14.6. The molecule has 2 N–H and O–H groups in total. The van der Waals surface area contributed by atoms with E-state index in [2.05, 4.69) is 19.2 Å². The molecule has 1 unspecified atom stereocenters. The normalized spacial score (nSPS) is 18.1. The molecule has 1 atom stereocenters. The van der Waals surface area contributed by atoms with Gasteiger partial charge in [0.2, 0.25) is 0 Å². The quantitative estimate of drug-likeness (QED) is 0.768. The van der Waals surface area contributed by atoms with Gasteiger partial charge in [0.25, 0.3) is 0 Å². The largest absolute Gasteiger partial charge is 0.491 e. The van der Waals surface area contributed by atoms with Crippen LogP contribution in [0.5, 0.6) is 5.75 Å². The van der Waals surface area contributed by atoms with E-state index in [4.69, 9.17) is 4.74 Å². The third-order valence-electron chi connectivity index (χ3n) is 4.41. The van der Waals surface area contributed by atoms with Gasteiger partial charge in [0.05, 0.1) is 0 Å². The lowest BCUT2D eigenvalue weighted by molar-refractivity contribution is 0.104. The summed E-state index contributed by atoms with van der Waals surface area (Å²) in [4.78, 5) is 0. The second-order valence-corrected chi connectivity index (χ2v) is 6.43. The van der Waals surface area contributed by atoms with Crippen molar-refractivity contribution in [3.05, 3.63) is 29.8 Å². The van der Waals surface area contributed by atoms with Crippen molar-refractivity contribution in [2.45, 2.75) is 39.7 Å². The van der Waals surface area contributed by atoms with Crippen molar-refractivity contribution >= 4 is 0 Å². The van der Waals surface area contributed by atoms with E-state index < -0.39 is 6.10 Å². The van der Waals surface area contributed by atoms with Crippen LogP contribution in [0, 0.1) is 18.3 Å². The predicted octanol–water partition coefficient (Wildman–Crippen LogP) is 2.76. The first-order chi connectivity index (χ1) is 9.52. The minimum Gasteiger partial charge on any atom is -0.491 e. The number of rotatable bonds is 8. The third kappa shape index (κ3) is 4.22. The van der Waals surface area contributed by atoms with E-state index in [1.54, 1.807) is 0 Å². The zero-order valence-electron chi connectivity index (χ0n) is 12.9. The third-order valence-corrected chi connectivity index (χ3v) is 4.41. The SMILES string of the molecule is Cc1cccc(OCC(O)CNCC2(C(C)C)CC2)c1. The number of ether oxygens (including phenoxy) is 1. The van der Waals surface area contributed by atoms with Gasteiger partial charge < -0.3 is 15.2 Å². The molecule has 2 rings (SSSR count). The van der Waals surface area contributed by atoms with Gasteiger partial charge in [-0.1, -0.05) is 26.0 Å². The van der Waals surface area contributed by atoms with Gasteiger partial charge in [-0.25, -0.2) is 0 Å². The molecule has 0 spiro atoms. The first-order valence-electron chi connectivity index (χ1n) is 7.60. The minimum absolute atomic E-state index is 0.338. The summed E-state index contributed by atoms with van der Waals surface area (Å²) in [6.07, 6.45) is 2.17. The molecular weight excluding hydrogens is 250 g/mol. The number of aryl methyl sites for hydroxylation is 1. The first-order valence-corrected chi connectivity index (χ1v) is 7.60. The number of hydrogen-bond donors (Lipinski definition) is 2. The Bertz CT molecular complexity index is 427. The Morgan fingerprint density at radius 1 is 1.35 bits per heavy atom. The molecule has 0 amide bonds. The summed E-state index contributed by atoms with van der Waals surface area (Å²) in [6, 6.07) is 7.91. The van der Waals surface area contributed by atoms with E-state index in [1.807, 2.05) is 31.2 Å². The zero-order valence-corrected chi connectivity index (χ0v) is 12.9. The van der Waals surface area contributed by atoms with Gasteiger partial charge in [-0.05, 0) is 48.8 Å². The molecule has 0 saturated heterocycles. The van der Waals surface area contributed by atoms with Gasteiger partial charge in [-0.2, -0.15) is 0 Å². The van der Waals surface area contributed by atoms with Crippen LogP contribution in [0.4, 0.5) is 0 Å². The van der Waals surface area contributed by atoms with Crippen LogP contribution in [0.25, 0.3) is 0 Å². The average Bonchev–Trinajstić information content (AvgIpc) is 3.18. The molecule has 0 aromatic heterocycles. The summed E-state index contributed by atoms with van der Waals surface area (Å²) in [5.74, 6) is 1.54. The second-order valence-electron chi connectivity index (χ2n) is 6.43. The Hall–Kier alpha value is -1.06. The van der Waals surface area contributed by atoms with Crippen LogP contribution in [0.2, 0.25) is 0 Å². The molecule has 0 radical (unpaired) electrons. The highest BCUT2D eigenvalue weighted by Gasteiger charge is 2.44. The summed E-state index contributed by atoms with van der Waals surface area (Å²) in [7, 11) is 0. The molecule has 3 nitrogen and oxygen atoms in total. The van der Waals surface area contributed by atoms with Gasteiger partial charge in [0.15, 0.2) is 0 Å². The highest BCUT2D eigenvalue weighted by Crippen LogP contribution is 2.51. The maximum absolute atomic E-state index is 9.95. The van der Waals surface area contributed by atoms with E-state index in [9.17, 15) is 5.11 Å². The Morgan fingerprint density at radius 3 is 2.70 bits per heavy atom. The lowest BCUT2D eigenvalue weighted by Crippen LogP contribution is -2.36. The Balaban J connectivity index is 1.64. The van der Waals surface area contributed by atoms with Crippen molar-refractivity contribution in [1.29, 1.82) is 0 Å². The van der Waals surface area contributed by atoms with Crippen LogP contribution in [-0.4, -0.2) is 30.9 Å². The molecule has 1 aliphatic rings. The van der Waals surface area contributed by atoms with Crippen molar-refractivity contribution in [3.8, 4) is 5.75 Å². The number of nitrogens with one attached hydrogen (secondary N) is 1. The molecule has 1 aliphatic carbocycles. The molecule has 1 fully saturated rings. The summed E-state index contributed by atoms with van der Waals surface area (Å²) in [5.41, 5.74) is 1.65. The fourth-order valence-electron chi connectivity index (χ4n) is 2.56. The summed E-state index contributed by atoms with van der Waals surface area (Å²) in [5, 5.41) is 13.3. The average molecular weight is 277 g/mol. The summed E-state index contributed by atoms with van der Waals surface area (Å²) >= 11 is 0. The molecule has 0 aliphatic heterocycles. The molecule has 1 saturated carbocycles. The summed E-state index contributed by atoms with van der Waals surface area (Å²) < 4.78 is 5.60. The smallest absolute Gasteiger partial charge is 0.119 e. The van der Waals surface area contributed by atoms with Gasteiger partial charge in [0, 0.05) is 13.1 Å². The van der Waals surface area contributed by atoms with Gasteiger partial charge in [0.1, 0.15) is 18.5 Å². The molecule has 0 bridgehead atoms. The van der Waals surface area contributed by atoms with E-state index in [0.29, 0.717) is 18.6 Å². The van der Waals surface area contributed by atoms with Crippen LogP contribution in [-0.2, 0) is 0 Å². The fourth-order valence-corrected chi connectivity index (χ4v) is 2.56. The van der Waals surface area contributed by atoms with Crippen LogP contribution in [0.1, 0.15) is 32.3 Å². The highest BCUT2D eigenvalue weighted by molar-refractivity contribution is 5.27. The topological polar surface area (TPSA) is 41.5 Å². The molecular formula is C17H27NO2. The number of hydrogen-bond acceptors (Lipinski definition) is 3. The fraction of sp³-hybridized carbons (Fsp3) is 0.647. The molecule has 1 aromatic carbocycles. The molecule has 112 valence electrons.